The molecule has 0 heterocycles. The van der Waals surface area contributed by atoms with E-state index in [9.17, 15) is 0 Å². The van der Waals surface area contributed by atoms with Gasteiger partial charge in [0, 0.05) is 6.61 Å². The number of hydrogen-bond acceptors (Lipinski definition) is 2. The lowest BCUT2D eigenvalue weighted by Gasteiger charge is -2.15. The molecule has 0 fully saturated rings. The van der Waals surface area contributed by atoms with Crippen molar-refractivity contribution in [1.29, 1.82) is 0 Å². The van der Waals surface area contributed by atoms with E-state index in [2.05, 4.69) is 6.92 Å². The van der Waals surface area contributed by atoms with Crippen molar-refractivity contribution in [3.8, 4) is 0 Å². The topological polar surface area (TPSA) is 29.5 Å². The summed E-state index contributed by atoms with van der Waals surface area (Å²) in [6, 6.07) is 9.84. The molecule has 1 unspecified atom stereocenters. The maximum atomic E-state index is 9.15. The number of ether oxygens (including phenoxy) is 1. The van der Waals surface area contributed by atoms with E-state index in [4.69, 9.17) is 9.84 Å². The highest BCUT2D eigenvalue weighted by molar-refractivity contribution is 5.17. The summed E-state index contributed by atoms with van der Waals surface area (Å²) in [5, 5.41) is 9.15. The minimum atomic E-state index is -0.164. The van der Waals surface area contributed by atoms with Crippen LogP contribution in [-0.2, 0) is 4.74 Å². The monoisotopic (exact) mass is 194 g/mol. The fourth-order valence-electron chi connectivity index (χ4n) is 1.29. The molecule has 1 atom stereocenters. The number of aliphatic hydroxyl groups excluding tert-OH is 1. The second kappa shape index (κ2) is 6.57. The first-order chi connectivity index (χ1) is 6.88. The van der Waals surface area contributed by atoms with Gasteiger partial charge in [0.15, 0.2) is 0 Å². The van der Waals surface area contributed by atoms with Crippen LogP contribution in [0.25, 0.3) is 0 Å². The maximum absolute atomic E-state index is 9.15. The Morgan fingerprint density at radius 2 is 2.00 bits per heavy atom. The first-order valence-corrected chi connectivity index (χ1v) is 5.16. The van der Waals surface area contributed by atoms with Gasteiger partial charge in [-0.1, -0.05) is 43.7 Å². The molecule has 0 spiro atoms. The van der Waals surface area contributed by atoms with E-state index < -0.39 is 0 Å². The Balaban J connectivity index is 2.46. The molecule has 14 heavy (non-hydrogen) atoms. The minimum absolute atomic E-state index is 0.0493. The maximum Gasteiger partial charge on any atom is 0.105 e. The lowest BCUT2D eigenvalue weighted by Crippen LogP contribution is -2.09. The lowest BCUT2D eigenvalue weighted by atomic mass is 10.1. The number of hydrogen-bond donors (Lipinski definition) is 1. The normalized spacial score (nSPS) is 12.7. The van der Waals surface area contributed by atoms with Crippen LogP contribution in [0.5, 0.6) is 0 Å². The van der Waals surface area contributed by atoms with E-state index in [0.717, 1.165) is 25.0 Å². The van der Waals surface area contributed by atoms with Crippen LogP contribution in [0.3, 0.4) is 0 Å². The third-order valence-corrected chi connectivity index (χ3v) is 2.15. The van der Waals surface area contributed by atoms with Gasteiger partial charge >= 0.3 is 0 Å². The molecule has 1 aromatic rings. The van der Waals surface area contributed by atoms with Gasteiger partial charge in [-0.2, -0.15) is 0 Å². The van der Waals surface area contributed by atoms with E-state index in [1.807, 2.05) is 30.3 Å². The minimum Gasteiger partial charge on any atom is -0.393 e. The summed E-state index contributed by atoms with van der Waals surface area (Å²) in [5.41, 5.74) is 1.05. The van der Waals surface area contributed by atoms with E-state index in [-0.39, 0.29) is 12.7 Å². The van der Waals surface area contributed by atoms with Crippen LogP contribution in [0, 0.1) is 0 Å². The molecule has 1 aromatic carbocycles. The molecule has 0 saturated heterocycles. The first kappa shape index (κ1) is 11.2. The molecule has 0 aliphatic carbocycles. The first-order valence-electron chi connectivity index (χ1n) is 5.16. The molecule has 0 amide bonds. The SMILES string of the molecule is CCCCOC(CO)c1ccccc1. The summed E-state index contributed by atoms with van der Waals surface area (Å²) in [5.74, 6) is 0. The Bertz CT molecular complexity index is 233. The highest BCUT2D eigenvalue weighted by Crippen LogP contribution is 2.16. The third kappa shape index (κ3) is 3.48. The van der Waals surface area contributed by atoms with Crippen molar-refractivity contribution < 1.29 is 9.84 Å². The van der Waals surface area contributed by atoms with E-state index in [1.165, 1.54) is 0 Å². The van der Waals surface area contributed by atoms with Crippen LogP contribution in [0.2, 0.25) is 0 Å². The summed E-state index contributed by atoms with van der Waals surface area (Å²) in [6.45, 7) is 2.89. The van der Waals surface area contributed by atoms with Gasteiger partial charge in [0.05, 0.1) is 6.61 Å². The van der Waals surface area contributed by atoms with Gasteiger partial charge in [0.1, 0.15) is 6.10 Å². The molecule has 0 aliphatic heterocycles. The van der Waals surface area contributed by atoms with Gasteiger partial charge in [-0.25, -0.2) is 0 Å². The van der Waals surface area contributed by atoms with Crippen LogP contribution >= 0.6 is 0 Å². The van der Waals surface area contributed by atoms with Crippen molar-refractivity contribution in [1.82, 2.24) is 0 Å². The van der Waals surface area contributed by atoms with Crippen LogP contribution < -0.4 is 0 Å². The Morgan fingerprint density at radius 3 is 2.57 bits per heavy atom. The summed E-state index contributed by atoms with van der Waals surface area (Å²) < 4.78 is 5.57. The van der Waals surface area contributed by atoms with Crippen molar-refractivity contribution in [3.05, 3.63) is 35.9 Å². The highest BCUT2D eigenvalue weighted by atomic mass is 16.5. The second-order valence-electron chi connectivity index (χ2n) is 3.31. The number of unbranched alkanes of at least 4 members (excludes halogenated alkanes) is 1. The molecule has 2 heteroatoms. The fourth-order valence-corrected chi connectivity index (χ4v) is 1.29. The summed E-state index contributed by atoms with van der Waals surface area (Å²) in [6.07, 6.45) is 2.00. The average Bonchev–Trinajstić information content (AvgIpc) is 2.26. The van der Waals surface area contributed by atoms with Crippen LogP contribution in [0.15, 0.2) is 30.3 Å². The number of rotatable bonds is 6. The van der Waals surface area contributed by atoms with Gasteiger partial charge in [0.2, 0.25) is 0 Å². The van der Waals surface area contributed by atoms with Crippen LogP contribution in [-0.4, -0.2) is 18.3 Å². The third-order valence-electron chi connectivity index (χ3n) is 2.15. The van der Waals surface area contributed by atoms with E-state index in [0.29, 0.717) is 0 Å². The summed E-state index contributed by atoms with van der Waals surface area (Å²) >= 11 is 0. The van der Waals surface area contributed by atoms with E-state index >= 15 is 0 Å². The van der Waals surface area contributed by atoms with E-state index in [1.54, 1.807) is 0 Å². The molecule has 1 N–H and O–H groups in total. The molecular weight excluding hydrogens is 176 g/mol. The van der Waals surface area contributed by atoms with Crippen molar-refractivity contribution in [3.63, 3.8) is 0 Å². The van der Waals surface area contributed by atoms with Crippen molar-refractivity contribution in [2.45, 2.75) is 25.9 Å². The predicted octanol–water partition coefficient (Wildman–Crippen LogP) is 2.54. The molecule has 2 nitrogen and oxygen atoms in total. The van der Waals surface area contributed by atoms with Gasteiger partial charge in [-0.05, 0) is 12.0 Å². The molecule has 1 rings (SSSR count). The van der Waals surface area contributed by atoms with Crippen molar-refractivity contribution in [2.24, 2.45) is 0 Å². The molecular formula is C12H18O2. The number of aliphatic hydroxyl groups is 1. The molecule has 0 aliphatic rings. The summed E-state index contributed by atoms with van der Waals surface area (Å²) in [7, 11) is 0. The molecule has 78 valence electrons. The standard InChI is InChI=1S/C12H18O2/c1-2-3-9-14-12(10-13)11-7-5-4-6-8-11/h4-8,12-13H,2-3,9-10H2,1H3. The Hall–Kier alpha value is -0.860. The largest absolute Gasteiger partial charge is 0.393 e. The van der Waals surface area contributed by atoms with Crippen molar-refractivity contribution >= 4 is 0 Å². The highest BCUT2D eigenvalue weighted by Gasteiger charge is 2.08. The predicted molar refractivity (Wildman–Crippen MR) is 57.1 cm³/mol. The molecule has 0 aromatic heterocycles. The zero-order valence-electron chi connectivity index (χ0n) is 8.65. The van der Waals surface area contributed by atoms with Gasteiger partial charge in [0.25, 0.3) is 0 Å². The smallest absolute Gasteiger partial charge is 0.105 e. The average molecular weight is 194 g/mol. The van der Waals surface area contributed by atoms with Crippen molar-refractivity contribution in [2.75, 3.05) is 13.2 Å². The fraction of sp³-hybridized carbons (Fsp3) is 0.500. The molecule has 0 bridgehead atoms. The van der Waals surface area contributed by atoms with Crippen LogP contribution in [0.4, 0.5) is 0 Å². The number of benzene rings is 1. The Labute approximate surface area is 85.5 Å². The quantitative estimate of drug-likeness (QED) is 0.705. The molecule has 0 saturated carbocycles. The lowest BCUT2D eigenvalue weighted by molar-refractivity contribution is 0.0104. The second-order valence-corrected chi connectivity index (χ2v) is 3.31. The van der Waals surface area contributed by atoms with Gasteiger partial charge < -0.3 is 9.84 Å². The molecule has 0 radical (unpaired) electrons. The van der Waals surface area contributed by atoms with Gasteiger partial charge in [-0.3, -0.25) is 0 Å². The zero-order chi connectivity index (χ0) is 10.2. The van der Waals surface area contributed by atoms with Crippen LogP contribution in [0.1, 0.15) is 31.4 Å². The summed E-state index contributed by atoms with van der Waals surface area (Å²) in [4.78, 5) is 0. The zero-order valence-corrected chi connectivity index (χ0v) is 8.65. The van der Waals surface area contributed by atoms with Gasteiger partial charge in [-0.15, -0.1) is 0 Å². The Morgan fingerprint density at radius 1 is 1.29 bits per heavy atom. The Kier molecular flexibility index (Phi) is 5.27.